The molecule has 0 bridgehead atoms. The summed E-state index contributed by atoms with van der Waals surface area (Å²) in [4.78, 5) is 36.5. The molecule has 8 nitrogen and oxygen atoms in total. The van der Waals surface area contributed by atoms with Gasteiger partial charge in [0, 0.05) is 13.0 Å². The van der Waals surface area contributed by atoms with Crippen LogP contribution in [0.5, 0.6) is 11.5 Å². The summed E-state index contributed by atoms with van der Waals surface area (Å²) in [5.74, 6) is -0.777. The van der Waals surface area contributed by atoms with E-state index in [0.717, 1.165) is 12.0 Å². The van der Waals surface area contributed by atoms with Crippen LogP contribution in [0.2, 0.25) is 0 Å². The molecule has 0 N–H and O–H groups in total. The van der Waals surface area contributed by atoms with Crippen LogP contribution in [-0.4, -0.2) is 25.7 Å². The van der Waals surface area contributed by atoms with Gasteiger partial charge < -0.3 is 23.0 Å². The summed E-state index contributed by atoms with van der Waals surface area (Å²) in [6.45, 7) is 5.09. The molecular weight excluding hydrogens is 392 g/mol. The number of fused-ring (bicyclic) bond motifs is 1. The molecule has 3 rings (SSSR count). The van der Waals surface area contributed by atoms with E-state index in [1.165, 1.54) is 26.2 Å². The fraction of sp³-hybridized carbons (Fsp3) is 0.318. The van der Waals surface area contributed by atoms with Gasteiger partial charge in [-0.1, -0.05) is 13.3 Å². The zero-order valence-corrected chi connectivity index (χ0v) is 17.2. The fourth-order valence-electron chi connectivity index (χ4n) is 3.15. The summed E-state index contributed by atoms with van der Waals surface area (Å²) >= 11 is 0. The first-order valence-corrected chi connectivity index (χ1v) is 9.53. The number of carbonyl (C=O) groups is 2. The molecule has 30 heavy (non-hydrogen) atoms. The van der Waals surface area contributed by atoms with Crippen LogP contribution < -0.4 is 15.1 Å². The third-order valence-electron chi connectivity index (χ3n) is 4.36. The van der Waals surface area contributed by atoms with E-state index in [9.17, 15) is 14.4 Å². The van der Waals surface area contributed by atoms with Gasteiger partial charge in [-0.25, -0.2) is 9.59 Å². The highest BCUT2D eigenvalue weighted by atomic mass is 16.5. The van der Waals surface area contributed by atoms with E-state index in [1.54, 1.807) is 19.1 Å². The topological polar surface area (TPSA) is 105 Å². The molecule has 158 valence electrons. The molecule has 1 aromatic carbocycles. The minimum absolute atomic E-state index is 0.00138. The molecule has 2 heterocycles. The Hall–Kier alpha value is -3.55. The average molecular weight is 414 g/mol. The lowest BCUT2D eigenvalue weighted by molar-refractivity contribution is -0.131. The van der Waals surface area contributed by atoms with Gasteiger partial charge in [0.2, 0.25) is 5.76 Å². The zero-order valence-electron chi connectivity index (χ0n) is 17.2. The number of hydrogen-bond donors (Lipinski definition) is 0. The molecule has 0 aliphatic heterocycles. The van der Waals surface area contributed by atoms with E-state index in [2.05, 4.69) is 0 Å². The number of carbonyl (C=O) groups excluding carboxylic acids is 2. The van der Waals surface area contributed by atoms with Crippen LogP contribution in [0.1, 0.15) is 43.3 Å². The van der Waals surface area contributed by atoms with Crippen LogP contribution >= 0.6 is 0 Å². The maximum absolute atomic E-state index is 12.8. The summed E-state index contributed by atoms with van der Waals surface area (Å²) in [5.41, 5.74) is 0.191. The van der Waals surface area contributed by atoms with Crippen molar-refractivity contribution in [1.82, 2.24) is 0 Å². The van der Waals surface area contributed by atoms with Crippen molar-refractivity contribution in [2.24, 2.45) is 0 Å². The van der Waals surface area contributed by atoms with E-state index < -0.39 is 17.6 Å². The summed E-state index contributed by atoms with van der Waals surface area (Å²) in [5, 5.41) is 0.415. The molecule has 3 aromatic rings. The van der Waals surface area contributed by atoms with E-state index in [-0.39, 0.29) is 35.0 Å². The molecule has 0 radical (unpaired) electrons. The number of esters is 2. The zero-order chi connectivity index (χ0) is 21.8. The molecule has 0 amide bonds. The van der Waals surface area contributed by atoms with Gasteiger partial charge >= 0.3 is 17.6 Å². The van der Waals surface area contributed by atoms with Gasteiger partial charge in [-0.15, -0.1) is 0 Å². The second-order valence-corrected chi connectivity index (χ2v) is 6.48. The van der Waals surface area contributed by atoms with E-state index >= 15 is 0 Å². The van der Waals surface area contributed by atoms with Crippen LogP contribution in [0, 0.1) is 0 Å². The fourth-order valence-corrected chi connectivity index (χ4v) is 3.15. The lowest BCUT2D eigenvalue weighted by Crippen LogP contribution is -2.11. The molecule has 8 heteroatoms. The molecule has 0 fully saturated rings. The summed E-state index contributed by atoms with van der Waals surface area (Å²) in [7, 11) is 1.53. The molecule has 2 aromatic heterocycles. The van der Waals surface area contributed by atoms with Crippen molar-refractivity contribution in [3.05, 3.63) is 46.0 Å². The lowest BCUT2D eigenvalue weighted by Gasteiger charge is -2.13. The Kier molecular flexibility index (Phi) is 6.25. The minimum atomic E-state index is -0.784. The number of hydrogen-bond acceptors (Lipinski definition) is 8. The van der Waals surface area contributed by atoms with Crippen molar-refractivity contribution in [1.29, 1.82) is 0 Å². The van der Waals surface area contributed by atoms with Crippen LogP contribution in [-0.2, 0) is 16.0 Å². The summed E-state index contributed by atoms with van der Waals surface area (Å²) in [6.07, 6.45) is 1.57. The molecule has 0 saturated carbocycles. The van der Waals surface area contributed by atoms with Gasteiger partial charge in [0.1, 0.15) is 22.7 Å². The Labute approximate surface area is 172 Å². The van der Waals surface area contributed by atoms with Crippen molar-refractivity contribution in [2.75, 3.05) is 13.7 Å². The van der Waals surface area contributed by atoms with Gasteiger partial charge in [0.15, 0.2) is 5.75 Å². The van der Waals surface area contributed by atoms with Gasteiger partial charge in [0.25, 0.3) is 0 Å². The van der Waals surface area contributed by atoms with Crippen LogP contribution in [0.25, 0.3) is 22.3 Å². The van der Waals surface area contributed by atoms with E-state index in [1.807, 2.05) is 6.92 Å². The SMILES string of the molecule is CCCc1cc2c(OC(C)=O)c(-c3ccc(C(=O)OCC)o3)c(=O)oc2cc1OC. The predicted molar refractivity (Wildman–Crippen MR) is 108 cm³/mol. The number of rotatable bonds is 7. The van der Waals surface area contributed by atoms with Crippen LogP contribution in [0.3, 0.4) is 0 Å². The largest absolute Gasteiger partial charge is 0.496 e. The number of furan rings is 1. The Balaban J connectivity index is 2.28. The Morgan fingerprint density at radius 1 is 1.10 bits per heavy atom. The number of ether oxygens (including phenoxy) is 3. The van der Waals surface area contributed by atoms with Gasteiger partial charge in [-0.05, 0) is 37.1 Å². The second-order valence-electron chi connectivity index (χ2n) is 6.48. The monoisotopic (exact) mass is 414 g/mol. The third kappa shape index (κ3) is 4.07. The standard InChI is InChI=1S/C22H22O8/c1-5-7-13-10-14-18(11-17(13)26-4)30-22(25)19(20(14)28-12(3)23)15-8-9-16(29-15)21(24)27-6-2/h8-11H,5-7H2,1-4H3. The molecular formula is C22H22O8. The van der Waals surface area contributed by atoms with Crippen molar-refractivity contribution in [3.8, 4) is 22.8 Å². The molecule has 0 saturated heterocycles. The Morgan fingerprint density at radius 2 is 1.87 bits per heavy atom. The van der Waals surface area contributed by atoms with E-state index in [4.69, 9.17) is 23.0 Å². The summed E-state index contributed by atoms with van der Waals surface area (Å²) < 4.78 is 26.7. The van der Waals surface area contributed by atoms with Crippen molar-refractivity contribution >= 4 is 22.9 Å². The van der Waals surface area contributed by atoms with Gasteiger partial charge in [0.05, 0.1) is 19.1 Å². The Bertz CT molecular complexity index is 1150. The first kappa shape index (κ1) is 21.2. The normalized spacial score (nSPS) is 10.8. The number of benzene rings is 1. The summed E-state index contributed by atoms with van der Waals surface area (Å²) in [6, 6.07) is 6.15. The van der Waals surface area contributed by atoms with Crippen molar-refractivity contribution in [2.45, 2.75) is 33.6 Å². The third-order valence-corrected chi connectivity index (χ3v) is 4.36. The van der Waals surface area contributed by atoms with Crippen molar-refractivity contribution < 1.29 is 32.6 Å². The first-order valence-electron chi connectivity index (χ1n) is 9.53. The van der Waals surface area contributed by atoms with Gasteiger partial charge in [-0.2, -0.15) is 0 Å². The average Bonchev–Trinajstić information content (AvgIpc) is 3.17. The van der Waals surface area contributed by atoms with Gasteiger partial charge in [-0.3, -0.25) is 4.79 Å². The highest BCUT2D eigenvalue weighted by Crippen LogP contribution is 2.38. The molecule has 0 atom stereocenters. The van der Waals surface area contributed by atoms with Crippen LogP contribution in [0.15, 0.2) is 37.9 Å². The van der Waals surface area contributed by atoms with E-state index in [0.29, 0.717) is 17.6 Å². The Morgan fingerprint density at radius 3 is 2.50 bits per heavy atom. The smallest absolute Gasteiger partial charge is 0.374 e. The second kappa shape index (κ2) is 8.86. The highest BCUT2D eigenvalue weighted by molar-refractivity contribution is 5.94. The molecule has 0 unspecified atom stereocenters. The highest BCUT2D eigenvalue weighted by Gasteiger charge is 2.24. The maximum Gasteiger partial charge on any atom is 0.374 e. The number of aryl methyl sites for hydroxylation is 1. The number of methoxy groups -OCH3 is 1. The molecule has 0 spiro atoms. The minimum Gasteiger partial charge on any atom is -0.496 e. The quantitative estimate of drug-likeness (QED) is 0.420. The van der Waals surface area contributed by atoms with Crippen LogP contribution in [0.4, 0.5) is 0 Å². The molecule has 0 aliphatic rings. The predicted octanol–water partition coefficient (Wildman–Crippen LogP) is 4.12. The van der Waals surface area contributed by atoms with Crippen molar-refractivity contribution in [3.63, 3.8) is 0 Å². The maximum atomic E-state index is 12.8. The lowest BCUT2D eigenvalue weighted by atomic mass is 10.0. The molecule has 0 aliphatic carbocycles. The first-order chi connectivity index (χ1) is 14.4.